The van der Waals surface area contributed by atoms with Crippen LogP contribution in [0, 0.1) is 0 Å². The first-order valence-electron chi connectivity index (χ1n) is 4.06. The molecule has 2 atom stereocenters. The van der Waals surface area contributed by atoms with E-state index < -0.39 is 30.7 Å². The molecular weight excluding hydrogens is 198 g/mol. The molecule has 1 heterocycles. The number of aliphatic hydroxyl groups excluding tert-OH is 1. The normalized spacial score (nSPS) is 27.0. The number of carbonyl (C=O) groups is 1. The number of hydrogen-bond acceptors (Lipinski definition) is 2. The summed E-state index contributed by atoms with van der Waals surface area (Å²) in [6.07, 6.45) is -2.02. The van der Waals surface area contributed by atoms with Gasteiger partial charge in [-0.2, -0.15) is 13.2 Å². The summed E-state index contributed by atoms with van der Waals surface area (Å²) in [7, 11) is 1.47. The van der Waals surface area contributed by atoms with Gasteiger partial charge in [-0.3, -0.25) is 4.79 Å². The zero-order chi connectivity index (χ0) is 10.9. The highest BCUT2D eigenvalue weighted by Crippen LogP contribution is 2.24. The van der Waals surface area contributed by atoms with E-state index in [9.17, 15) is 18.0 Å². The summed E-state index contributed by atoms with van der Waals surface area (Å²) in [5.74, 6) is -2.53. The van der Waals surface area contributed by atoms with Gasteiger partial charge in [0.05, 0.1) is 12.6 Å². The summed E-state index contributed by atoms with van der Waals surface area (Å²) in [4.78, 5) is 11.5. The van der Waals surface area contributed by atoms with Crippen LogP contribution in [-0.2, 0) is 4.79 Å². The average Bonchev–Trinajstić information content (AvgIpc) is 2.43. The molecule has 0 spiro atoms. The fourth-order valence-corrected chi connectivity index (χ4v) is 1.41. The van der Waals surface area contributed by atoms with Crippen molar-refractivity contribution in [2.45, 2.75) is 18.2 Å². The lowest BCUT2D eigenvalue weighted by Crippen LogP contribution is -2.49. The smallest absolute Gasteiger partial charge is 0.394 e. The van der Waals surface area contributed by atoms with Gasteiger partial charge in [-0.25, -0.2) is 0 Å². The summed E-state index contributed by atoms with van der Waals surface area (Å²) in [6, 6.07) is -0.862. The van der Waals surface area contributed by atoms with Crippen molar-refractivity contribution in [3.63, 3.8) is 0 Å². The number of rotatable bonds is 1. The van der Waals surface area contributed by atoms with Crippen molar-refractivity contribution < 1.29 is 23.1 Å². The molecule has 0 aliphatic carbocycles. The molecule has 1 amide bonds. The monoisotopic (exact) mass is 207 g/mol. The molecule has 0 aromatic heterocycles. The SMILES string of the molecule is B[C@H]1C=C[C@@H](CO)N1C(=O)C(F)(F)F. The quantitative estimate of drug-likeness (QED) is 0.454. The van der Waals surface area contributed by atoms with E-state index in [4.69, 9.17) is 5.11 Å². The van der Waals surface area contributed by atoms with Crippen molar-refractivity contribution in [1.29, 1.82) is 0 Å². The van der Waals surface area contributed by atoms with Crippen LogP contribution in [0.25, 0.3) is 0 Å². The van der Waals surface area contributed by atoms with Crippen molar-refractivity contribution in [1.82, 2.24) is 4.90 Å². The third-order valence-corrected chi connectivity index (χ3v) is 2.07. The van der Waals surface area contributed by atoms with E-state index in [-0.39, 0.29) is 0 Å². The van der Waals surface area contributed by atoms with E-state index in [2.05, 4.69) is 0 Å². The van der Waals surface area contributed by atoms with Crippen LogP contribution >= 0.6 is 0 Å². The fraction of sp³-hybridized carbons (Fsp3) is 0.571. The minimum atomic E-state index is -4.88. The molecule has 0 saturated heterocycles. The highest BCUT2D eigenvalue weighted by molar-refractivity contribution is 6.15. The average molecular weight is 207 g/mol. The van der Waals surface area contributed by atoms with Gasteiger partial charge >= 0.3 is 12.1 Å². The lowest BCUT2D eigenvalue weighted by Gasteiger charge is -2.28. The summed E-state index contributed by atoms with van der Waals surface area (Å²) >= 11 is 0. The standard InChI is InChI=1S/C7H9BF3NO2/c8-5-2-1-4(3-13)12(5)6(14)7(9,10)11/h1-2,4-5,13H,3,8H2/t4-,5+/m0/s1. The van der Waals surface area contributed by atoms with E-state index >= 15 is 0 Å². The second-order valence-electron chi connectivity index (χ2n) is 3.09. The Morgan fingerprint density at radius 2 is 2.07 bits per heavy atom. The Morgan fingerprint density at radius 3 is 2.50 bits per heavy atom. The van der Waals surface area contributed by atoms with Crippen LogP contribution in [0.2, 0.25) is 0 Å². The van der Waals surface area contributed by atoms with Gasteiger partial charge in [0.15, 0.2) is 0 Å². The molecule has 1 N–H and O–H groups in total. The van der Waals surface area contributed by atoms with Crippen LogP contribution in [0.3, 0.4) is 0 Å². The first-order valence-corrected chi connectivity index (χ1v) is 4.06. The molecule has 1 aliphatic heterocycles. The minimum Gasteiger partial charge on any atom is -0.394 e. The van der Waals surface area contributed by atoms with E-state index in [1.165, 1.54) is 20.0 Å². The van der Waals surface area contributed by atoms with Crippen LogP contribution < -0.4 is 0 Å². The van der Waals surface area contributed by atoms with E-state index in [0.717, 1.165) is 0 Å². The number of hydrogen-bond donors (Lipinski definition) is 1. The third kappa shape index (κ3) is 1.92. The molecule has 1 rings (SSSR count). The lowest BCUT2D eigenvalue weighted by molar-refractivity contribution is -0.187. The molecule has 0 saturated carbocycles. The maximum atomic E-state index is 12.1. The van der Waals surface area contributed by atoms with Crippen molar-refractivity contribution in [3.8, 4) is 0 Å². The molecule has 0 unspecified atom stereocenters. The van der Waals surface area contributed by atoms with Gasteiger partial charge in [-0.05, 0) is 0 Å². The first-order chi connectivity index (χ1) is 6.38. The summed E-state index contributed by atoms with van der Waals surface area (Å²) < 4.78 is 36.3. The summed E-state index contributed by atoms with van der Waals surface area (Å²) in [5.41, 5.74) is 0. The van der Waals surface area contributed by atoms with Gasteiger partial charge in [0.2, 0.25) is 0 Å². The van der Waals surface area contributed by atoms with Crippen LogP contribution in [0.15, 0.2) is 12.2 Å². The topological polar surface area (TPSA) is 40.5 Å². The lowest BCUT2D eigenvalue weighted by atomic mass is 9.96. The molecule has 0 radical (unpaired) electrons. The van der Waals surface area contributed by atoms with Crippen LogP contribution in [-0.4, -0.2) is 48.5 Å². The molecule has 14 heavy (non-hydrogen) atoms. The molecular formula is C7H9BF3NO2. The number of carbonyl (C=O) groups excluding carboxylic acids is 1. The Kier molecular flexibility index (Phi) is 2.89. The number of alkyl halides is 3. The molecule has 0 aromatic carbocycles. The molecule has 7 heteroatoms. The Bertz CT molecular complexity index is 266. The predicted molar refractivity (Wildman–Crippen MR) is 45.2 cm³/mol. The van der Waals surface area contributed by atoms with Gasteiger partial charge < -0.3 is 10.0 Å². The zero-order valence-electron chi connectivity index (χ0n) is 7.45. The number of nitrogens with zero attached hydrogens (tertiary/aromatic N) is 1. The molecule has 0 bridgehead atoms. The largest absolute Gasteiger partial charge is 0.471 e. The Labute approximate surface area is 79.6 Å². The zero-order valence-corrected chi connectivity index (χ0v) is 7.45. The highest BCUT2D eigenvalue weighted by atomic mass is 19.4. The van der Waals surface area contributed by atoms with Gasteiger partial charge in [0.1, 0.15) is 7.85 Å². The summed E-state index contributed by atoms with van der Waals surface area (Å²) in [6.45, 7) is -0.497. The minimum absolute atomic E-state index is 0.497. The maximum absolute atomic E-state index is 12.1. The maximum Gasteiger partial charge on any atom is 0.471 e. The van der Waals surface area contributed by atoms with Crippen molar-refractivity contribution in [2.75, 3.05) is 6.61 Å². The first kappa shape index (κ1) is 11.1. The highest BCUT2D eigenvalue weighted by Gasteiger charge is 2.46. The molecule has 0 aromatic rings. The van der Waals surface area contributed by atoms with Crippen LogP contribution in [0.4, 0.5) is 13.2 Å². The Hall–Kier alpha value is -0.975. The molecule has 0 fully saturated rings. The van der Waals surface area contributed by atoms with E-state index in [0.29, 0.717) is 4.90 Å². The summed E-state index contributed by atoms with van der Waals surface area (Å²) in [5, 5.41) is 8.76. The van der Waals surface area contributed by atoms with Gasteiger partial charge in [-0.1, -0.05) is 12.2 Å². The molecule has 3 nitrogen and oxygen atoms in total. The number of aliphatic hydroxyl groups is 1. The van der Waals surface area contributed by atoms with Crippen LogP contribution in [0.5, 0.6) is 0 Å². The predicted octanol–water partition coefficient (Wildman–Crippen LogP) is -0.733. The molecule has 78 valence electrons. The number of halogens is 3. The third-order valence-electron chi connectivity index (χ3n) is 2.07. The second-order valence-corrected chi connectivity index (χ2v) is 3.09. The van der Waals surface area contributed by atoms with E-state index in [1.807, 2.05) is 0 Å². The Morgan fingerprint density at radius 1 is 1.50 bits per heavy atom. The van der Waals surface area contributed by atoms with Crippen LogP contribution in [0.1, 0.15) is 0 Å². The van der Waals surface area contributed by atoms with Crippen molar-refractivity contribution in [2.24, 2.45) is 0 Å². The second kappa shape index (κ2) is 3.64. The fourth-order valence-electron chi connectivity index (χ4n) is 1.41. The van der Waals surface area contributed by atoms with Crippen molar-refractivity contribution in [3.05, 3.63) is 12.2 Å². The Balaban J connectivity index is 2.82. The van der Waals surface area contributed by atoms with E-state index in [1.54, 1.807) is 0 Å². The van der Waals surface area contributed by atoms with Gasteiger partial charge in [0, 0.05) is 5.94 Å². The van der Waals surface area contributed by atoms with Crippen molar-refractivity contribution >= 4 is 13.8 Å². The van der Waals surface area contributed by atoms with Gasteiger partial charge in [0.25, 0.3) is 0 Å². The number of amides is 1. The van der Waals surface area contributed by atoms with Gasteiger partial charge in [-0.15, -0.1) is 0 Å². The molecule has 1 aliphatic rings.